The molecule has 0 saturated heterocycles. The predicted molar refractivity (Wildman–Crippen MR) is 126 cm³/mol. The maximum atomic E-state index is 11.8. The molecule has 0 aromatic heterocycles. The number of hydrogen-bond donors (Lipinski definition) is 0. The van der Waals surface area contributed by atoms with Crippen molar-refractivity contribution in [2.75, 3.05) is 26.4 Å². The molecule has 0 heterocycles. The molecule has 0 unspecified atom stereocenters. The molecule has 0 bridgehead atoms. The Morgan fingerprint density at radius 3 is 1.18 bits per heavy atom. The van der Waals surface area contributed by atoms with E-state index in [1.807, 2.05) is 0 Å². The lowest BCUT2D eigenvalue weighted by atomic mass is 10.2. The van der Waals surface area contributed by atoms with Crippen LogP contribution in [0.1, 0.15) is 67.2 Å². The first-order chi connectivity index (χ1) is 12.6. The quantitative estimate of drug-likeness (QED) is 0.160. The van der Waals surface area contributed by atoms with Crippen LogP contribution in [0.2, 0.25) is 36.3 Å². The van der Waals surface area contributed by atoms with Gasteiger partial charge in [-0.3, -0.25) is 4.57 Å². The molecule has 28 heavy (non-hydrogen) atoms. The summed E-state index contributed by atoms with van der Waals surface area (Å²) in [6.07, 6.45) is 3.53. The molecular formula is C20H47O5PSi2. The highest BCUT2D eigenvalue weighted by Gasteiger charge is 2.37. The molecule has 0 aliphatic heterocycles. The zero-order chi connectivity index (χ0) is 22.1. The van der Waals surface area contributed by atoms with E-state index in [2.05, 4.69) is 67.7 Å². The molecule has 0 aromatic carbocycles. The highest BCUT2D eigenvalue weighted by atomic mass is 31.1. The highest BCUT2D eigenvalue weighted by molar-refractivity contribution is 7.33. The zero-order valence-electron chi connectivity index (χ0n) is 20.2. The molecule has 0 saturated carbocycles. The van der Waals surface area contributed by atoms with Gasteiger partial charge in [-0.05, 0) is 61.9 Å². The molecular weight excluding hydrogens is 407 g/mol. The molecule has 0 amide bonds. The first kappa shape index (κ1) is 28.5. The van der Waals surface area contributed by atoms with Crippen molar-refractivity contribution in [2.24, 2.45) is 0 Å². The van der Waals surface area contributed by atoms with E-state index in [0.717, 1.165) is 38.9 Å². The molecule has 0 aliphatic rings. The Labute approximate surface area is 177 Å². The van der Waals surface area contributed by atoms with Crippen molar-refractivity contribution in [3.8, 4) is 0 Å². The third-order valence-corrected chi connectivity index (χ3v) is 16.0. The van der Waals surface area contributed by atoms with Crippen LogP contribution in [-0.4, -0.2) is 43.1 Å². The molecule has 170 valence electrons. The monoisotopic (exact) mass is 454 g/mol. The summed E-state index contributed by atoms with van der Waals surface area (Å²) < 4.78 is 34.6. The molecule has 0 rings (SSSR count). The summed E-state index contributed by atoms with van der Waals surface area (Å²) in [6, 6.07) is 0. The average Bonchev–Trinajstić information content (AvgIpc) is 2.51. The van der Waals surface area contributed by atoms with E-state index in [1.165, 1.54) is 0 Å². The molecule has 0 N–H and O–H groups in total. The molecule has 0 spiro atoms. The Bertz CT molecular complexity index is 416. The van der Waals surface area contributed by atoms with Crippen molar-refractivity contribution in [3.05, 3.63) is 0 Å². The Hall–Kier alpha value is 0.504. The maximum Gasteiger partial charge on any atom is 0.319 e. The van der Waals surface area contributed by atoms with Gasteiger partial charge in [0, 0.05) is 13.2 Å². The van der Waals surface area contributed by atoms with E-state index in [1.54, 1.807) is 0 Å². The lowest BCUT2D eigenvalue weighted by molar-refractivity contribution is 0.203. The van der Waals surface area contributed by atoms with Gasteiger partial charge in [0.2, 0.25) is 0 Å². The van der Waals surface area contributed by atoms with E-state index in [0.29, 0.717) is 13.2 Å². The third-order valence-electron chi connectivity index (χ3n) is 6.06. The minimum absolute atomic E-state index is 0.234. The van der Waals surface area contributed by atoms with E-state index in [-0.39, 0.29) is 10.1 Å². The summed E-state index contributed by atoms with van der Waals surface area (Å²) in [5.74, 6) is 0. The summed E-state index contributed by atoms with van der Waals surface area (Å²) in [5.41, 5.74) is 0. The maximum absolute atomic E-state index is 11.8. The van der Waals surface area contributed by atoms with Crippen molar-refractivity contribution >= 4 is 24.9 Å². The summed E-state index contributed by atoms with van der Waals surface area (Å²) in [4.78, 5) is 0. The van der Waals surface area contributed by atoms with Crippen LogP contribution in [0.5, 0.6) is 0 Å². The van der Waals surface area contributed by atoms with E-state index in [9.17, 15) is 4.57 Å². The van der Waals surface area contributed by atoms with Gasteiger partial charge < -0.3 is 17.9 Å². The van der Waals surface area contributed by atoms with Gasteiger partial charge in [0.25, 0.3) is 0 Å². The minimum Gasteiger partial charge on any atom is -0.417 e. The molecule has 0 fully saturated rings. The van der Waals surface area contributed by atoms with Crippen LogP contribution in [0.4, 0.5) is 0 Å². The van der Waals surface area contributed by atoms with Gasteiger partial charge >= 0.3 is 8.25 Å². The summed E-state index contributed by atoms with van der Waals surface area (Å²) in [5, 5.41) is 0.469. The van der Waals surface area contributed by atoms with Gasteiger partial charge in [0.05, 0.1) is 13.2 Å². The Morgan fingerprint density at radius 2 is 0.893 bits per heavy atom. The van der Waals surface area contributed by atoms with Crippen LogP contribution in [-0.2, 0) is 22.5 Å². The Kier molecular flexibility index (Phi) is 12.6. The molecule has 0 atom stereocenters. The molecule has 0 aromatic rings. The van der Waals surface area contributed by atoms with Gasteiger partial charge in [-0.1, -0.05) is 41.5 Å². The van der Waals surface area contributed by atoms with Gasteiger partial charge in [0.1, 0.15) is 0 Å². The lowest BCUT2D eigenvalue weighted by Gasteiger charge is -2.36. The fourth-order valence-electron chi connectivity index (χ4n) is 1.85. The summed E-state index contributed by atoms with van der Waals surface area (Å²) >= 11 is 0. The van der Waals surface area contributed by atoms with Crippen molar-refractivity contribution in [1.82, 2.24) is 0 Å². The van der Waals surface area contributed by atoms with Crippen molar-refractivity contribution < 1.29 is 22.5 Å². The molecule has 0 aliphatic carbocycles. The highest BCUT2D eigenvalue weighted by Crippen LogP contribution is 2.37. The van der Waals surface area contributed by atoms with Gasteiger partial charge in [-0.2, -0.15) is 0 Å². The Balaban J connectivity index is 3.67. The largest absolute Gasteiger partial charge is 0.417 e. The van der Waals surface area contributed by atoms with Crippen LogP contribution < -0.4 is 0 Å². The standard InChI is InChI=1S/C20H47O5PSi2/c1-19(2,3)27(7,8)24-17-13-11-15-22-26(21)23-16-12-14-18-25-28(9,10)20(4,5)6/h26H,11-18H2,1-10H3. The van der Waals surface area contributed by atoms with Crippen molar-refractivity contribution in [1.29, 1.82) is 0 Å². The topological polar surface area (TPSA) is 54.0 Å². The van der Waals surface area contributed by atoms with Crippen LogP contribution in [0.3, 0.4) is 0 Å². The SMILES string of the molecule is CC(C)(C)[Si](C)(C)OCCCCO[PH](=O)OCCCCO[Si](C)(C)C(C)(C)C. The third kappa shape index (κ3) is 11.6. The first-order valence-corrected chi connectivity index (χ1v) is 17.7. The molecule has 8 heteroatoms. The summed E-state index contributed by atoms with van der Waals surface area (Å²) in [7, 11) is -5.71. The van der Waals surface area contributed by atoms with Crippen molar-refractivity contribution in [2.45, 2.75) is 103 Å². The van der Waals surface area contributed by atoms with E-state index in [4.69, 9.17) is 17.9 Å². The van der Waals surface area contributed by atoms with E-state index < -0.39 is 24.9 Å². The smallest absolute Gasteiger partial charge is 0.319 e. The fourth-order valence-corrected chi connectivity index (χ4v) is 4.73. The minimum atomic E-state index is -2.38. The average molecular weight is 455 g/mol. The fraction of sp³-hybridized carbons (Fsp3) is 1.00. The first-order valence-electron chi connectivity index (χ1n) is 10.7. The van der Waals surface area contributed by atoms with Crippen LogP contribution in [0.15, 0.2) is 0 Å². The Morgan fingerprint density at radius 1 is 0.607 bits per heavy atom. The van der Waals surface area contributed by atoms with Crippen LogP contribution >= 0.6 is 8.25 Å². The number of unbranched alkanes of at least 4 members (excludes halogenated alkanes) is 2. The zero-order valence-corrected chi connectivity index (χ0v) is 23.2. The molecule has 0 radical (unpaired) electrons. The van der Waals surface area contributed by atoms with E-state index >= 15 is 0 Å². The number of rotatable bonds is 14. The summed E-state index contributed by atoms with van der Waals surface area (Å²) in [6.45, 7) is 24.9. The van der Waals surface area contributed by atoms with Crippen LogP contribution in [0.25, 0.3) is 0 Å². The normalized spacial score (nSPS) is 14.1. The van der Waals surface area contributed by atoms with Gasteiger partial charge in [-0.25, -0.2) is 0 Å². The number of hydrogen-bond acceptors (Lipinski definition) is 5. The lowest BCUT2D eigenvalue weighted by Crippen LogP contribution is -2.40. The second-order valence-corrected chi connectivity index (χ2v) is 21.3. The van der Waals surface area contributed by atoms with Crippen LogP contribution in [0, 0.1) is 0 Å². The second-order valence-electron chi connectivity index (χ2n) is 10.6. The van der Waals surface area contributed by atoms with Gasteiger partial charge in [-0.15, -0.1) is 0 Å². The van der Waals surface area contributed by atoms with Crippen molar-refractivity contribution in [3.63, 3.8) is 0 Å². The second kappa shape index (κ2) is 12.4. The predicted octanol–water partition coefficient (Wildman–Crippen LogP) is 7.01. The van der Waals surface area contributed by atoms with Gasteiger partial charge in [0.15, 0.2) is 16.6 Å². The molecule has 5 nitrogen and oxygen atoms in total.